The summed E-state index contributed by atoms with van der Waals surface area (Å²) in [6.07, 6.45) is 0.491. The van der Waals surface area contributed by atoms with Gasteiger partial charge in [-0.15, -0.1) is 0 Å². The summed E-state index contributed by atoms with van der Waals surface area (Å²) in [5.41, 5.74) is 0.563. The number of rotatable bonds is 4. The lowest BCUT2D eigenvalue weighted by molar-refractivity contribution is 0.101. The molecule has 0 atom stereocenters. The summed E-state index contributed by atoms with van der Waals surface area (Å²) in [6.45, 7) is 1.24. The van der Waals surface area contributed by atoms with Crippen molar-refractivity contribution in [2.24, 2.45) is 6.98 Å². The van der Waals surface area contributed by atoms with E-state index >= 15 is 0 Å². The molecule has 0 aliphatic carbocycles. The molecule has 84 valence electrons. The Morgan fingerprint density at radius 3 is 3.07 bits per heavy atom. The fraction of sp³-hybridized carbons (Fsp3) is 0.600. The molecule has 1 heterocycles. The second-order valence-electron chi connectivity index (χ2n) is 2.92. The monoisotopic (exact) mass is 215 g/mol. The van der Waals surface area contributed by atoms with Crippen molar-refractivity contribution >= 4 is 6.16 Å². The molecule has 1 aromatic rings. The van der Waals surface area contributed by atoms with E-state index in [0.717, 1.165) is 11.1 Å². The third kappa shape index (κ3) is 3.27. The molecule has 5 nitrogen and oxygen atoms in total. The number of aryl methyl sites for hydroxylation is 2. The van der Waals surface area contributed by atoms with Crippen molar-refractivity contribution in [2.45, 2.75) is 26.7 Å². The van der Waals surface area contributed by atoms with Crippen molar-refractivity contribution in [1.29, 1.82) is 0 Å². The van der Waals surface area contributed by atoms with Crippen LogP contribution in [0.1, 0.15) is 30.1 Å². The highest BCUT2D eigenvalue weighted by Gasteiger charge is 2.10. The van der Waals surface area contributed by atoms with Crippen molar-refractivity contribution < 1.29 is 18.4 Å². The second kappa shape index (κ2) is 5.38. The van der Waals surface area contributed by atoms with Gasteiger partial charge in [-0.05, 0) is 13.3 Å². The van der Waals surface area contributed by atoms with Crippen molar-refractivity contribution in [2.75, 3.05) is 6.61 Å². The molecule has 15 heavy (non-hydrogen) atoms. The standard InChI is InChI=1S/C10H16N2O3/c1-4-6-8-7-9(12(3)11-8)15-10(13)14-5-2/h7H,4-6H2,1-3H3/i3D3. The van der Waals surface area contributed by atoms with Gasteiger partial charge in [0.15, 0.2) is 0 Å². The highest BCUT2D eigenvalue weighted by molar-refractivity contribution is 5.63. The summed E-state index contributed by atoms with van der Waals surface area (Å²) in [7, 11) is 0. The molecule has 0 fully saturated rings. The molecule has 1 aromatic heterocycles. The van der Waals surface area contributed by atoms with E-state index in [9.17, 15) is 4.79 Å². The molecule has 0 spiro atoms. The van der Waals surface area contributed by atoms with Crippen LogP contribution in [0.5, 0.6) is 5.88 Å². The van der Waals surface area contributed by atoms with Gasteiger partial charge in [-0.3, -0.25) is 0 Å². The van der Waals surface area contributed by atoms with E-state index in [1.54, 1.807) is 6.92 Å². The van der Waals surface area contributed by atoms with E-state index in [1.807, 2.05) is 6.92 Å². The molecule has 0 aliphatic rings. The predicted molar refractivity (Wildman–Crippen MR) is 54.9 cm³/mol. The van der Waals surface area contributed by atoms with Crippen molar-refractivity contribution in [1.82, 2.24) is 9.78 Å². The van der Waals surface area contributed by atoms with E-state index in [-0.39, 0.29) is 12.5 Å². The molecule has 0 bridgehead atoms. The molecule has 0 unspecified atom stereocenters. The van der Waals surface area contributed by atoms with Gasteiger partial charge in [0.25, 0.3) is 0 Å². The number of hydrogen-bond acceptors (Lipinski definition) is 4. The van der Waals surface area contributed by atoms with E-state index in [1.165, 1.54) is 6.07 Å². The summed E-state index contributed by atoms with van der Waals surface area (Å²) in [6, 6.07) is 1.44. The minimum absolute atomic E-state index is 0.128. The van der Waals surface area contributed by atoms with Crippen LogP contribution < -0.4 is 4.74 Å². The lowest BCUT2D eigenvalue weighted by atomic mass is 10.3. The van der Waals surface area contributed by atoms with Crippen LogP contribution in [0.4, 0.5) is 4.79 Å². The zero-order chi connectivity index (χ0) is 13.8. The maximum Gasteiger partial charge on any atom is 0.515 e. The number of carbonyl (C=O) groups excluding carboxylic acids is 1. The lowest BCUT2D eigenvalue weighted by Gasteiger charge is -2.02. The van der Waals surface area contributed by atoms with Gasteiger partial charge in [-0.25, -0.2) is 9.48 Å². The van der Waals surface area contributed by atoms with Gasteiger partial charge in [0.2, 0.25) is 5.88 Å². The topological polar surface area (TPSA) is 53.4 Å². The Morgan fingerprint density at radius 1 is 1.67 bits per heavy atom. The zero-order valence-electron chi connectivity index (χ0n) is 11.8. The Bertz CT molecular complexity index is 415. The largest absolute Gasteiger partial charge is 0.515 e. The van der Waals surface area contributed by atoms with Crippen molar-refractivity contribution in [3.8, 4) is 5.88 Å². The van der Waals surface area contributed by atoms with E-state index in [0.29, 0.717) is 12.1 Å². The minimum Gasteiger partial charge on any atom is -0.434 e. The van der Waals surface area contributed by atoms with Gasteiger partial charge >= 0.3 is 6.16 Å². The second-order valence-corrected chi connectivity index (χ2v) is 2.92. The number of nitrogens with zero attached hydrogens (tertiary/aromatic N) is 2. The van der Waals surface area contributed by atoms with Crippen LogP contribution in [-0.4, -0.2) is 22.5 Å². The van der Waals surface area contributed by atoms with Crippen molar-refractivity contribution in [3.05, 3.63) is 11.8 Å². The smallest absolute Gasteiger partial charge is 0.434 e. The number of aromatic nitrogens is 2. The first kappa shape index (κ1) is 7.73. The summed E-state index contributed by atoms with van der Waals surface area (Å²) in [5, 5.41) is 3.91. The fourth-order valence-electron chi connectivity index (χ4n) is 1.09. The molecule has 0 aliphatic heterocycles. The highest BCUT2D eigenvalue weighted by atomic mass is 16.7. The molecule has 5 heteroatoms. The van der Waals surface area contributed by atoms with Crippen LogP contribution in [0.25, 0.3) is 0 Å². The Balaban J connectivity index is 2.96. The number of carbonyl (C=O) groups is 1. The zero-order valence-corrected chi connectivity index (χ0v) is 8.82. The number of ether oxygens (including phenoxy) is 2. The summed E-state index contributed by atoms with van der Waals surface area (Å²) >= 11 is 0. The molecule has 0 N–H and O–H groups in total. The van der Waals surface area contributed by atoms with Crippen molar-refractivity contribution in [3.63, 3.8) is 0 Å². The van der Waals surface area contributed by atoms with Gasteiger partial charge in [-0.1, -0.05) is 13.3 Å². The molecule has 0 radical (unpaired) electrons. The Morgan fingerprint density at radius 2 is 2.47 bits per heavy atom. The lowest BCUT2D eigenvalue weighted by Crippen LogP contribution is -2.12. The Hall–Kier alpha value is -1.52. The quantitative estimate of drug-likeness (QED) is 0.720. The van der Waals surface area contributed by atoms with Crippen LogP contribution in [0.15, 0.2) is 6.07 Å². The number of hydrogen-bond donors (Lipinski definition) is 0. The van der Waals surface area contributed by atoms with E-state index < -0.39 is 13.1 Å². The highest BCUT2D eigenvalue weighted by Crippen LogP contribution is 2.13. The molecule has 0 aromatic carbocycles. The van der Waals surface area contributed by atoms with Crippen LogP contribution in [-0.2, 0) is 18.1 Å². The first-order valence-electron chi connectivity index (χ1n) is 6.32. The van der Waals surface area contributed by atoms with Gasteiger partial charge < -0.3 is 9.47 Å². The SMILES string of the molecule is [2H]C([2H])([2H])n1nc(CCC)cc1OC(=O)OCC. The molecular weight excluding hydrogens is 196 g/mol. The van der Waals surface area contributed by atoms with Crippen LogP contribution in [0, 0.1) is 0 Å². The fourth-order valence-corrected chi connectivity index (χ4v) is 1.09. The van der Waals surface area contributed by atoms with Gasteiger partial charge in [0, 0.05) is 17.2 Å². The first-order valence-corrected chi connectivity index (χ1v) is 4.82. The molecule has 1 rings (SSSR count). The van der Waals surface area contributed by atoms with Gasteiger partial charge in [0.1, 0.15) is 0 Å². The van der Waals surface area contributed by atoms with Gasteiger partial charge in [-0.2, -0.15) is 5.10 Å². The minimum atomic E-state index is -2.49. The molecule has 0 saturated heterocycles. The third-order valence-corrected chi connectivity index (χ3v) is 1.68. The Kier molecular flexibility index (Phi) is 2.77. The molecular formula is C10H16N2O3. The van der Waals surface area contributed by atoms with Gasteiger partial charge in [0.05, 0.1) is 12.3 Å². The third-order valence-electron chi connectivity index (χ3n) is 1.68. The van der Waals surface area contributed by atoms with Crippen LogP contribution in [0.3, 0.4) is 0 Å². The summed E-state index contributed by atoms with van der Waals surface area (Å²) in [4.78, 5) is 11.2. The van der Waals surface area contributed by atoms with Crippen LogP contribution >= 0.6 is 0 Å². The normalized spacial score (nSPS) is 13.9. The van der Waals surface area contributed by atoms with E-state index in [2.05, 4.69) is 9.84 Å². The summed E-state index contributed by atoms with van der Waals surface area (Å²) in [5.74, 6) is -0.128. The maximum absolute atomic E-state index is 11.2. The van der Waals surface area contributed by atoms with E-state index in [4.69, 9.17) is 8.85 Å². The first-order chi connectivity index (χ1) is 8.38. The average molecular weight is 215 g/mol. The molecule has 0 saturated carbocycles. The predicted octanol–water partition coefficient (Wildman–Crippen LogP) is 1.91. The van der Waals surface area contributed by atoms with Crippen LogP contribution in [0.2, 0.25) is 0 Å². The Labute approximate surface area is 93.2 Å². The maximum atomic E-state index is 11.2. The average Bonchev–Trinajstić information content (AvgIpc) is 2.61. The summed E-state index contributed by atoms with van der Waals surface area (Å²) < 4.78 is 32.1. The molecule has 0 amide bonds.